The van der Waals surface area contributed by atoms with Crippen molar-refractivity contribution in [3.8, 4) is 17.1 Å². The number of hydrogen-bond acceptors (Lipinski definition) is 5. The molecule has 3 aromatic heterocycles. The molecular formula is C19H22FN5O. The summed E-state index contributed by atoms with van der Waals surface area (Å²) >= 11 is 0. The second kappa shape index (κ2) is 6.92. The quantitative estimate of drug-likeness (QED) is 0.736. The fourth-order valence-electron chi connectivity index (χ4n) is 3.19. The van der Waals surface area contributed by atoms with Crippen LogP contribution < -0.4 is 15.4 Å². The van der Waals surface area contributed by atoms with Crippen molar-refractivity contribution in [3.63, 3.8) is 0 Å². The number of halogens is 1. The first-order valence-corrected chi connectivity index (χ1v) is 8.87. The molecule has 0 bridgehead atoms. The molecule has 4 heterocycles. The molecule has 1 atom stereocenters. The Balaban J connectivity index is 1.67. The van der Waals surface area contributed by atoms with Crippen molar-refractivity contribution in [2.45, 2.75) is 32.4 Å². The normalized spacial score (nSPS) is 17.2. The van der Waals surface area contributed by atoms with Crippen molar-refractivity contribution in [2.75, 3.05) is 18.4 Å². The summed E-state index contributed by atoms with van der Waals surface area (Å²) in [4.78, 5) is 9.01. The van der Waals surface area contributed by atoms with Gasteiger partial charge in [0.25, 0.3) is 0 Å². The molecule has 0 saturated carbocycles. The van der Waals surface area contributed by atoms with Gasteiger partial charge in [0, 0.05) is 37.0 Å². The Morgan fingerprint density at radius 3 is 3.00 bits per heavy atom. The van der Waals surface area contributed by atoms with Gasteiger partial charge in [-0.3, -0.25) is 4.40 Å². The molecule has 1 saturated heterocycles. The van der Waals surface area contributed by atoms with Crippen LogP contribution in [0, 0.1) is 5.82 Å². The molecule has 1 aliphatic heterocycles. The molecule has 0 radical (unpaired) electrons. The highest BCUT2D eigenvalue weighted by Crippen LogP contribution is 2.25. The van der Waals surface area contributed by atoms with Gasteiger partial charge in [-0.05, 0) is 32.9 Å². The molecule has 0 aromatic carbocycles. The number of nitrogens with zero attached hydrogens (tertiary/aromatic N) is 3. The smallest absolute Gasteiger partial charge is 0.140 e. The van der Waals surface area contributed by atoms with Crippen molar-refractivity contribution in [2.24, 2.45) is 0 Å². The van der Waals surface area contributed by atoms with Crippen molar-refractivity contribution in [1.82, 2.24) is 19.7 Å². The van der Waals surface area contributed by atoms with Gasteiger partial charge in [-0.15, -0.1) is 0 Å². The van der Waals surface area contributed by atoms with Crippen LogP contribution in [0.1, 0.15) is 20.3 Å². The highest BCUT2D eigenvalue weighted by atomic mass is 19.1. The Hall–Kier alpha value is -2.67. The monoisotopic (exact) mass is 355 g/mol. The molecule has 2 N–H and O–H groups in total. The molecule has 0 aliphatic carbocycles. The minimum atomic E-state index is -0.321. The van der Waals surface area contributed by atoms with Gasteiger partial charge in [-0.1, -0.05) is 0 Å². The van der Waals surface area contributed by atoms with Crippen LogP contribution in [0.15, 0.2) is 36.7 Å². The third kappa shape index (κ3) is 3.48. The highest BCUT2D eigenvalue weighted by Gasteiger charge is 2.16. The van der Waals surface area contributed by atoms with E-state index in [9.17, 15) is 4.39 Å². The van der Waals surface area contributed by atoms with Crippen LogP contribution in [-0.4, -0.2) is 39.6 Å². The molecule has 26 heavy (non-hydrogen) atoms. The number of anilines is 1. The second-order valence-electron chi connectivity index (χ2n) is 6.79. The Labute approximate surface area is 151 Å². The molecule has 3 aromatic rings. The fourth-order valence-corrected chi connectivity index (χ4v) is 3.19. The van der Waals surface area contributed by atoms with Gasteiger partial charge in [0.15, 0.2) is 0 Å². The number of pyridine rings is 2. The maximum absolute atomic E-state index is 14.2. The van der Waals surface area contributed by atoms with Gasteiger partial charge in [0.2, 0.25) is 0 Å². The van der Waals surface area contributed by atoms with E-state index < -0.39 is 0 Å². The van der Waals surface area contributed by atoms with E-state index >= 15 is 0 Å². The minimum absolute atomic E-state index is 0.0930. The lowest BCUT2D eigenvalue weighted by molar-refractivity contribution is 0.242. The molecule has 6 nitrogen and oxygen atoms in total. The van der Waals surface area contributed by atoms with Crippen LogP contribution in [0.2, 0.25) is 0 Å². The Morgan fingerprint density at radius 2 is 2.23 bits per heavy atom. The third-order valence-electron chi connectivity index (χ3n) is 4.32. The highest BCUT2D eigenvalue weighted by molar-refractivity contribution is 5.63. The summed E-state index contributed by atoms with van der Waals surface area (Å²) in [6, 6.07) is 6.88. The first-order chi connectivity index (χ1) is 12.6. The lowest BCUT2D eigenvalue weighted by atomic mass is 10.2. The standard InChI is InChI=1S/C19H22FN5O/c1-12(2)26-15-4-6-25-17(11-22-19(25)9-15)16-7-13(20)8-18(24-16)23-14-3-5-21-10-14/h4,6-9,11-12,14,21H,3,5,10H2,1-2H3,(H,23,24). The van der Waals surface area contributed by atoms with Gasteiger partial charge in [0.1, 0.15) is 23.0 Å². The van der Waals surface area contributed by atoms with E-state index in [1.165, 1.54) is 12.1 Å². The zero-order valence-electron chi connectivity index (χ0n) is 14.9. The lowest BCUT2D eigenvalue weighted by Crippen LogP contribution is -2.22. The molecule has 0 spiro atoms. The second-order valence-corrected chi connectivity index (χ2v) is 6.79. The summed E-state index contributed by atoms with van der Waals surface area (Å²) in [5, 5.41) is 6.58. The third-order valence-corrected chi connectivity index (χ3v) is 4.32. The van der Waals surface area contributed by atoms with E-state index in [4.69, 9.17) is 4.74 Å². The molecule has 1 unspecified atom stereocenters. The number of fused-ring (bicyclic) bond motifs is 1. The number of aromatic nitrogens is 3. The van der Waals surface area contributed by atoms with Gasteiger partial charge in [-0.2, -0.15) is 0 Å². The van der Waals surface area contributed by atoms with Gasteiger partial charge >= 0.3 is 0 Å². The molecular weight excluding hydrogens is 333 g/mol. The summed E-state index contributed by atoms with van der Waals surface area (Å²) in [5.74, 6) is 0.981. The van der Waals surface area contributed by atoms with E-state index in [2.05, 4.69) is 20.6 Å². The van der Waals surface area contributed by atoms with Gasteiger partial charge in [-0.25, -0.2) is 14.4 Å². The summed E-state index contributed by atoms with van der Waals surface area (Å²) in [7, 11) is 0. The van der Waals surface area contributed by atoms with Crippen molar-refractivity contribution < 1.29 is 9.13 Å². The van der Waals surface area contributed by atoms with E-state index in [-0.39, 0.29) is 18.0 Å². The van der Waals surface area contributed by atoms with Crippen molar-refractivity contribution in [3.05, 3.63) is 42.5 Å². The Bertz CT molecular complexity index is 917. The molecule has 136 valence electrons. The average Bonchev–Trinajstić information content (AvgIpc) is 3.22. The van der Waals surface area contributed by atoms with E-state index in [0.717, 1.165) is 36.6 Å². The average molecular weight is 355 g/mol. The predicted molar refractivity (Wildman–Crippen MR) is 99.0 cm³/mol. The fraction of sp³-hybridized carbons (Fsp3) is 0.368. The zero-order chi connectivity index (χ0) is 18.1. The van der Waals surface area contributed by atoms with Crippen LogP contribution in [0.5, 0.6) is 5.75 Å². The number of ether oxygens (including phenoxy) is 1. The van der Waals surface area contributed by atoms with Gasteiger partial charge < -0.3 is 15.4 Å². The number of nitrogens with one attached hydrogen (secondary N) is 2. The van der Waals surface area contributed by atoms with Crippen molar-refractivity contribution in [1.29, 1.82) is 0 Å². The van der Waals surface area contributed by atoms with E-state index in [0.29, 0.717) is 11.5 Å². The molecule has 4 rings (SSSR count). The summed E-state index contributed by atoms with van der Waals surface area (Å²) < 4.78 is 21.7. The SMILES string of the molecule is CC(C)Oc1ccn2c(-c3cc(F)cc(NC4CCNC4)n3)cnc2c1. The largest absolute Gasteiger partial charge is 0.491 e. The number of hydrogen-bond donors (Lipinski definition) is 2. The molecule has 0 amide bonds. The van der Waals surface area contributed by atoms with Crippen LogP contribution in [0.3, 0.4) is 0 Å². The summed E-state index contributed by atoms with van der Waals surface area (Å²) in [6.07, 6.45) is 4.67. The zero-order valence-corrected chi connectivity index (χ0v) is 14.9. The lowest BCUT2D eigenvalue weighted by Gasteiger charge is -2.13. The predicted octanol–water partition coefficient (Wildman–Crippen LogP) is 3.10. The van der Waals surface area contributed by atoms with Crippen LogP contribution in [0.25, 0.3) is 17.0 Å². The Morgan fingerprint density at radius 1 is 1.35 bits per heavy atom. The molecule has 7 heteroatoms. The molecule has 1 aliphatic rings. The first kappa shape index (κ1) is 16.8. The topological polar surface area (TPSA) is 63.5 Å². The van der Waals surface area contributed by atoms with E-state index in [1.807, 2.05) is 36.6 Å². The van der Waals surface area contributed by atoms with Crippen LogP contribution >= 0.6 is 0 Å². The maximum atomic E-state index is 14.2. The van der Waals surface area contributed by atoms with E-state index in [1.54, 1.807) is 6.20 Å². The van der Waals surface area contributed by atoms with Crippen molar-refractivity contribution >= 4 is 11.5 Å². The maximum Gasteiger partial charge on any atom is 0.140 e. The van der Waals surface area contributed by atoms with Crippen LogP contribution in [0.4, 0.5) is 10.2 Å². The summed E-state index contributed by atoms with van der Waals surface area (Å²) in [6.45, 7) is 5.79. The number of rotatable bonds is 5. The van der Waals surface area contributed by atoms with Gasteiger partial charge in [0.05, 0.1) is 23.7 Å². The number of imidazole rings is 1. The Kier molecular flexibility index (Phi) is 4.46. The summed E-state index contributed by atoms with van der Waals surface area (Å²) in [5.41, 5.74) is 2.02. The minimum Gasteiger partial charge on any atom is -0.491 e. The first-order valence-electron chi connectivity index (χ1n) is 8.87. The van der Waals surface area contributed by atoms with Crippen LogP contribution in [-0.2, 0) is 0 Å². The molecule has 1 fully saturated rings.